The molecule has 4 atom stereocenters. The van der Waals surface area contributed by atoms with Crippen molar-refractivity contribution >= 4 is 0 Å². The average Bonchev–Trinajstić information content (AvgIpc) is 3.30. The summed E-state index contributed by atoms with van der Waals surface area (Å²) in [5.74, 6) is 0. The Hall–Kier alpha value is -0.160. The number of hydrogen-bond donors (Lipinski definition) is 0. The molecule has 4 heteroatoms. The minimum absolute atomic E-state index is 0.262. The van der Waals surface area contributed by atoms with Gasteiger partial charge >= 0.3 is 0 Å². The highest BCUT2D eigenvalue weighted by Gasteiger charge is 2.54. The van der Waals surface area contributed by atoms with E-state index in [1.807, 2.05) is 0 Å². The maximum atomic E-state index is 2.87. The van der Waals surface area contributed by atoms with E-state index in [-0.39, 0.29) is 11.1 Å². The number of fused-ring (bicyclic) bond motifs is 4. The molecule has 0 aromatic carbocycles. The molecule has 168 valence electrons. The van der Waals surface area contributed by atoms with Crippen molar-refractivity contribution in [2.45, 2.75) is 135 Å². The van der Waals surface area contributed by atoms with Crippen LogP contribution >= 0.6 is 0 Å². The van der Waals surface area contributed by atoms with Gasteiger partial charge in [0.15, 0.2) is 0 Å². The highest BCUT2D eigenvalue weighted by Crippen LogP contribution is 2.45. The normalized spacial score (nSPS) is 35.4. The molecule has 4 aliphatic rings. The van der Waals surface area contributed by atoms with Crippen molar-refractivity contribution in [3.8, 4) is 0 Å². The lowest BCUT2D eigenvalue weighted by molar-refractivity contribution is -0.0366. The van der Waals surface area contributed by atoms with E-state index >= 15 is 0 Å². The number of piperazine rings is 2. The van der Waals surface area contributed by atoms with Gasteiger partial charge in [-0.2, -0.15) is 0 Å². The lowest BCUT2D eigenvalue weighted by Crippen LogP contribution is -2.63. The van der Waals surface area contributed by atoms with Gasteiger partial charge in [-0.3, -0.25) is 19.6 Å². The average molecular weight is 405 g/mol. The Balaban J connectivity index is 1.41. The van der Waals surface area contributed by atoms with Crippen LogP contribution in [0, 0.1) is 0 Å². The van der Waals surface area contributed by atoms with Gasteiger partial charge in [-0.05, 0) is 88.5 Å². The van der Waals surface area contributed by atoms with Crippen LogP contribution in [0.1, 0.15) is 88.5 Å². The molecule has 4 heterocycles. The molecule has 0 amide bonds. The maximum absolute atomic E-state index is 2.87. The zero-order valence-corrected chi connectivity index (χ0v) is 21.0. The summed E-state index contributed by atoms with van der Waals surface area (Å²) in [6, 6.07) is 3.00. The summed E-state index contributed by atoms with van der Waals surface area (Å²) >= 11 is 0. The summed E-state index contributed by atoms with van der Waals surface area (Å²) in [7, 11) is 0. The monoisotopic (exact) mass is 404 g/mol. The van der Waals surface area contributed by atoms with Gasteiger partial charge in [-0.25, -0.2) is 0 Å². The van der Waals surface area contributed by atoms with E-state index in [1.165, 1.54) is 45.4 Å². The Bertz CT molecular complexity index is 572. The number of rotatable bonds is 4. The fraction of sp³-hybridized carbons (Fsp3) is 1.00. The Morgan fingerprint density at radius 2 is 0.759 bits per heavy atom. The van der Waals surface area contributed by atoms with Crippen LogP contribution in [-0.2, 0) is 0 Å². The van der Waals surface area contributed by atoms with Crippen molar-refractivity contribution in [2.24, 2.45) is 0 Å². The highest BCUT2D eigenvalue weighted by atomic mass is 15.4. The summed E-state index contributed by atoms with van der Waals surface area (Å²) in [6.07, 6.45) is 4.00. The van der Waals surface area contributed by atoms with E-state index in [9.17, 15) is 0 Å². The molecular weight excluding hydrogens is 356 g/mol. The number of nitrogens with zero attached hydrogens (tertiary/aromatic N) is 4. The molecule has 4 saturated heterocycles. The standard InChI is InChI=1S/C25H48N4/c1-22(2,3)26-13-20-11-18(26)15-28(20)24(7,8)17-25(9,10)29-16-19-12-21(29)14-27(19)23(4,5)6/h18-21H,11-17H2,1-10H3/t18-,19+,20-,21+. The van der Waals surface area contributed by atoms with Crippen molar-refractivity contribution in [2.75, 3.05) is 26.2 Å². The fourth-order valence-electron chi connectivity index (χ4n) is 7.72. The lowest BCUT2D eigenvalue weighted by Gasteiger charge is -2.53. The zero-order valence-electron chi connectivity index (χ0n) is 21.0. The molecule has 4 bridgehead atoms. The third-order valence-electron chi connectivity index (χ3n) is 8.62. The summed E-state index contributed by atoms with van der Waals surface area (Å²) in [4.78, 5) is 11.3. The molecule has 0 N–H and O–H groups in total. The van der Waals surface area contributed by atoms with Crippen molar-refractivity contribution in [1.29, 1.82) is 0 Å². The minimum Gasteiger partial charge on any atom is -0.293 e. The maximum Gasteiger partial charge on any atom is 0.0244 e. The molecule has 0 saturated carbocycles. The molecule has 0 aliphatic carbocycles. The van der Waals surface area contributed by atoms with E-state index in [0.717, 1.165) is 24.2 Å². The van der Waals surface area contributed by atoms with Crippen LogP contribution in [0.4, 0.5) is 0 Å². The largest absolute Gasteiger partial charge is 0.293 e. The quantitative estimate of drug-likeness (QED) is 0.701. The van der Waals surface area contributed by atoms with Gasteiger partial charge in [0.05, 0.1) is 0 Å². The van der Waals surface area contributed by atoms with Gasteiger partial charge in [0.1, 0.15) is 0 Å². The second-order valence-corrected chi connectivity index (χ2v) is 13.8. The van der Waals surface area contributed by atoms with Crippen LogP contribution in [0.2, 0.25) is 0 Å². The minimum atomic E-state index is 0.262. The van der Waals surface area contributed by atoms with E-state index in [0.29, 0.717) is 11.1 Å². The Labute approximate surface area is 181 Å². The zero-order chi connectivity index (χ0) is 21.6. The first kappa shape index (κ1) is 22.0. The van der Waals surface area contributed by atoms with Crippen molar-refractivity contribution in [3.05, 3.63) is 0 Å². The highest BCUT2D eigenvalue weighted by molar-refractivity contribution is 5.11. The van der Waals surface area contributed by atoms with E-state index < -0.39 is 0 Å². The van der Waals surface area contributed by atoms with Crippen LogP contribution in [0.3, 0.4) is 0 Å². The molecule has 4 nitrogen and oxygen atoms in total. The molecule has 4 aliphatic heterocycles. The summed E-state index contributed by atoms with van der Waals surface area (Å²) in [5, 5.41) is 0. The number of hydrogen-bond acceptors (Lipinski definition) is 4. The van der Waals surface area contributed by atoms with E-state index in [4.69, 9.17) is 0 Å². The van der Waals surface area contributed by atoms with Crippen LogP contribution < -0.4 is 0 Å². The van der Waals surface area contributed by atoms with Gasteiger partial charge in [-0.1, -0.05) is 0 Å². The van der Waals surface area contributed by atoms with Gasteiger partial charge < -0.3 is 0 Å². The summed E-state index contributed by atoms with van der Waals surface area (Å²) in [5.41, 5.74) is 1.14. The molecule has 0 radical (unpaired) electrons. The molecule has 4 rings (SSSR count). The molecule has 0 aromatic heterocycles. The van der Waals surface area contributed by atoms with Gasteiger partial charge in [0.25, 0.3) is 0 Å². The van der Waals surface area contributed by atoms with Gasteiger partial charge in [0, 0.05) is 72.5 Å². The smallest absolute Gasteiger partial charge is 0.0244 e. The Morgan fingerprint density at radius 3 is 1.00 bits per heavy atom. The first-order chi connectivity index (χ1) is 13.1. The fourth-order valence-corrected chi connectivity index (χ4v) is 7.72. The van der Waals surface area contributed by atoms with Gasteiger partial charge in [-0.15, -0.1) is 0 Å². The van der Waals surface area contributed by atoms with Gasteiger partial charge in [0.2, 0.25) is 0 Å². The molecule has 29 heavy (non-hydrogen) atoms. The summed E-state index contributed by atoms with van der Waals surface area (Å²) < 4.78 is 0. The molecule has 0 spiro atoms. The Morgan fingerprint density at radius 1 is 0.483 bits per heavy atom. The third kappa shape index (κ3) is 3.81. The van der Waals surface area contributed by atoms with Crippen LogP contribution in [-0.4, -0.2) is 92.1 Å². The molecule has 0 unspecified atom stereocenters. The van der Waals surface area contributed by atoms with Crippen molar-refractivity contribution < 1.29 is 0 Å². The van der Waals surface area contributed by atoms with Crippen LogP contribution in [0.25, 0.3) is 0 Å². The second-order valence-electron chi connectivity index (χ2n) is 13.8. The predicted molar refractivity (Wildman–Crippen MR) is 123 cm³/mol. The molecule has 0 aromatic rings. The van der Waals surface area contributed by atoms with Crippen molar-refractivity contribution in [1.82, 2.24) is 19.6 Å². The predicted octanol–water partition coefficient (Wildman–Crippen LogP) is 4.05. The Kier molecular flexibility index (Phi) is 5.07. The topological polar surface area (TPSA) is 13.0 Å². The third-order valence-corrected chi connectivity index (χ3v) is 8.62. The summed E-state index contributed by atoms with van der Waals surface area (Å²) in [6.45, 7) is 29.4. The first-order valence-electron chi connectivity index (χ1n) is 12.2. The van der Waals surface area contributed by atoms with Crippen LogP contribution in [0.15, 0.2) is 0 Å². The van der Waals surface area contributed by atoms with E-state index in [2.05, 4.69) is 88.8 Å². The SMILES string of the molecule is CC(C)(C)N1C[C@H]2C[C@@H]1CN2C(C)(C)CC(C)(C)N1C[C@@H]2C[C@H]1CN2C(C)(C)C. The molecule has 4 fully saturated rings. The second kappa shape index (κ2) is 6.67. The number of likely N-dealkylation sites (tertiary alicyclic amines) is 4. The molecular formula is C25H48N4. The van der Waals surface area contributed by atoms with E-state index in [1.54, 1.807) is 0 Å². The lowest BCUT2D eigenvalue weighted by atomic mass is 9.83. The van der Waals surface area contributed by atoms with Crippen LogP contribution in [0.5, 0.6) is 0 Å². The first-order valence-corrected chi connectivity index (χ1v) is 12.2. The van der Waals surface area contributed by atoms with Crippen molar-refractivity contribution in [3.63, 3.8) is 0 Å².